The highest BCUT2D eigenvalue weighted by Gasteiger charge is 2.15. The highest BCUT2D eigenvalue weighted by Crippen LogP contribution is 2.37. The summed E-state index contributed by atoms with van der Waals surface area (Å²) < 4.78 is 12.6. The van der Waals surface area contributed by atoms with E-state index in [4.69, 9.17) is 20.9 Å². The standard InChI is InChI=1S/C20H21N3O2S/c1-12(11-21)18(13(2)22)16-5-4-15(10-17(16)24-3)25-20-19-14(6-8-23-20)7-9-26-19/h4-11H,21-22H2,1-3H3/b12-11-,18-13+. The largest absolute Gasteiger partial charge is 0.496 e. The fourth-order valence-electron chi connectivity index (χ4n) is 2.81. The van der Waals surface area contributed by atoms with E-state index in [1.165, 1.54) is 6.20 Å². The molecule has 0 unspecified atom stereocenters. The van der Waals surface area contributed by atoms with Crippen LogP contribution in [0.2, 0.25) is 0 Å². The number of hydrogen-bond acceptors (Lipinski definition) is 6. The second kappa shape index (κ2) is 7.49. The Labute approximate surface area is 156 Å². The molecule has 0 spiro atoms. The van der Waals surface area contributed by atoms with Gasteiger partial charge in [0.25, 0.3) is 0 Å². The molecule has 0 radical (unpaired) electrons. The average molecular weight is 367 g/mol. The summed E-state index contributed by atoms with van der Waals surface area (Å²) in [5.74, 6) is 1.88. The molecule has 0 aliphatic heterocycles. The van der Waals surface area contributed by atoms with E-state index in [-0.39, 0.29) is 0 Å². The van der Waals surface area contributed by atoms with Crippen LogP contribution >= 0.6 is 11.3 Å². The number of methoxy groups -OCH3 is 1. The first-order valence-corrected chi connectivity index (χ1v) is 8.96. The Hall–Kier alpha value is -2.99. The van der Waals surface area contributed by atoms with Crippen LogP contribution in [0.25, 0.3) is 15.7 Å². The molecule has 0 aliphatic carbocycles. The minimum absolute atomic E-state index is 0.580. The number of aromatic nitrogens is 1. The first-order valence-electron chi connectivity index (χ1n) is 8.08. The van der Waals surface area contributed by atoms with E-state index in [9.17, 15) is 0 Å². The van der Waals surface area contributed by atoms with Crippen LogP contribution in [0.15, 0.2) is 59.4 Å². The molecule has 5 nitrogen and oxygen atoms in total. The number of benzene rings is 1. The molecule has 3 rings (SSSR count). The van der Waals surface area contributed by atoms with Gasteiger partial charge in [-0.3, -0.25) is 0 Å². The smallest absolute Gasteiger partial charge is 0.237 e. The van der Waals surface area contributed by atoms with Gasteiger partial charge in [0.15, 0.2) is 0 Å². The van der Waals surface area contributed by atoms with Gasteiger partial charge in [-0.25, -0.2) is 4.98 Å². The van der Waals surface area contributed by atoms with E-state index < -0.39 is 0 Å². The number of allylic oxidation sites excluding steroid dienone is 3. The van der Waals surface area contributed by atoms with Crippen LogP contribution in [0.4, 0.5) is 0 Å². The maximum Gasteiger partial charge on any atom is 0.237 e. The van der Waals surface area contributed by atoms with E-state index in [1.54, 1.807) is 24.6 Å². The molecule has 2 aromatic heterocycles. The van der Waals surface area contributed by atoms with Crippen molar-refractivity contribution in [2.24, 2.45) is 11.5 Å². The number of ether oxygens (including phenoxy) is 2. The topological polar surface area (TPSA) is 83.4 Å². The summed E-state index contributed by atoms with van der Waals surface area (Å²) in [4.78, 5) is 4.35. The maximum atomic E-state index is 6.07. The van der Waals surface area contributed by atoms with E-state index in [1.807, 2.05) is 49.6 Å². The predicted octanol–water partition coefficient (Wildman–Crippen LogP) is 4.65. The molecular weight excluding hydrogens is 346 g/mol. The molecule has 0 aliphatic rings. The summed E-state index contributed by atoms with van der Waals surface area (Å²) in [5, 5.41) is 3.13. The van der Waals surface area contributed by atoms with Gasteiger partial charge in [0, 0.05) is 29.1 Å². The summed E-state index contributed by atoms with van der Waals surface area (Å²) >= 11 is 1.60. The molecule has 0 saturated heterocycles. The van der Waals surface area contributed by atoms with Crippen LogP contribution < -0.4 is 20.9 Å². The normalized spacial score (nSPS) is 12.8. The van der Waals surface area contributed by atoms with E-state index in [0.29, 0.717) is 23.1 Å². The third-order valence-corrected chi connectivity index (χ3v) is 4.95. The van der Waals surface area contributed by atoms with Gasteiger partial charge < -0.3 is 20.9 Å². The Kier molecular flexibility index (Phi) is 5.14. The number of pyridine rings is 1. The summed E-state index contributed by atoms with van der Waals surface area (Å²) in [6.07, 6.45) is 3.28. The van der Waals surface area contributed by atoms with Crippen molar-refractivity contribution in [1.82, 2.24) is 4.98 Å². The molecule has 26 heavy (non-hydrogen) atoms. The lowest BCUT2D eigenvalue weighted by molar-refractivity contribution is 0.407. The van der Waals surface area contributed by atoms with Crippen molar-refractivity contribution < 1.29 is 9.47 Å². The first kappa shape index (κ1) is 17.8. The Morgan fingerprint density at radius 3 is 2.69 bits per heavy atom. The van der Waals surface area contributed by atoms with Crippen LogP contribution in [-0.2, 0) is 0 Å². The van der Waals surface area contributed by atoms with Crippen LogP contribution in [0.3, 0.4) is 0 Å². The first-order chi connectivity index (χ1) is 12.5. The lowest BCUT2D eigenvalue weighted by atomic mass is 9.96. The van der Waals surface area contributed by atoms with Crippen LogP contribution in [0.1, 0.15) is 19.4 Å². The third-order valence-electron chi connectivity index (χ3n) is 4.03. The minimum Gasteiger partial charge on any atom is -0.496 e. The summed E-state index contributed by atoms with van der Waals surface area (Å²) in [7, 11) is 1.62. The Balaban J connectivity index is 2.02. The molecule has 0 bridgehead atoms. The maximum absolute atomic E-state index is 6.07. The highest BCUT2D eigenvalue weighted by molar-refractivity contribution is 7.17. The van der Waals surface area contributed by atoms with Crippen LogP contribution in [0, 0.1) is 0 Å². The van der Waals surface area contributed by atoms with E-state index >= 15 is 0 Å². The zero-order chi connectivity index (χ0) is 18.7. The SMILES string of the molecule is COc1cc(Oc2nccc3ccsc23)ccc1C(/C(C)=C\N)=C(\C)N. The van der Waals surface area contributed by atoms with Gasteiger partial charge in [-0.05, 0) is 60.7 Å². The molecule has 6 heteroatoms. The zero-order valence-electron chi connectivity index (χ0n) is 14.9. The molecular formula is C20H21N3O2S. The number of nitrogens with two attached hydrogens (primary N) is 2. The van der Waals surface area contributed by atoms with Crippen molar-refractivity contribution >= 4 is 27.0 Å². The molecule has 0 fully saturated rings. The Morgan fingerprint density at radius 2 is 2.00 bits per heavy atom. The van der Waals surface area contributed by atoms with Gasteiger partial charge in [0.1, 0.15) is 11.5 Å². The van der Waals surface area contributed by atoms with Crippen molar-refractivity contribution in [2.75, 3.05) is 7.11 Å². The summed E-state index contributed by atoms with van der Waals surface area (Å²) in [5.41, 5.74) is 15.0. The zero-order valence-corrected chi connectivity index (χ0v) is 15.8. The number of nitrogens with zero attached hydrogens (tertiary/aromatic N) is 1. The molecule has 0 saturated carbocycles. The predicted molar refractivity (Wildman–Crippen MR) is 107 cm³/mol. The second-order valence-corrected chi connectivity index (χ2v) is 6.74. The molecule has 4 N–H and O–H groups in total. The van der Waals surface area contributed by atoms with Gasteiger partial charge in [-0.2, -0.15) is 0 Å². The number of thiophene rings is 1. The van der Waals surface area contributed by atoms with Gasteiger partial charge in [0.2, 0.25) is 5.88 Å². The fourth-order valence-corrected chi connectivity index (χ4v) is 3.63. The van der Waals surface area contributed by atoms with E-state index in [0.717, 1.165) is 26.8 Å². The quantitative estimate of drug-likeness (QED) is 0.641. The molecule has 3 aromatic rings. The van der Waals surface area contributed by atoms with Gasteiger partial charge >= 0.3 is 0 Å². The van der Waals surface area contributed by atoms with Crippen LogP contribution in [-0.4, -0.2) is 12.1 Å². The molecule has 0 amide bonds. The molecule has 134 valence electrons. The Morgan fingerprint density at radius 1 is 1.19 bits per heavy atom. The fraction of sp³-hybridized carbons (Fsp3) is 0.150. The minimum atomic E-state index is 0.580. The summed E-state index contributed by atoms with van der Waals surface area (Å²) in [6, 6.07) is 9.63. The van der Waals surface area contributed by atoms with Gasteiger partial charge in [0.05, 0.1) is 11.8 Å². The van der Waals surface area contributed by atoms with Gasteiger partial charge in [-0.1, -0.05) is 0 Å². The average Bonchev–Trinajstić information content (AvgIpc) is 3.12. The van der Waals surface area contributed by atoms with Crippen molar-refractivity contribution in [3.05, 3.63) is 64.9 Å². The monoisotopic (exact) mass is 367 g/mol. The van der Waals surface area contributed by atoms with E-state index in [2.05, 4.69) is 4.98 Å². The molecule has 0 atom stereocenters. The molecule has 1 aromatic carbocycles. The van der Waals surface area contributed by atoms with Crippen molar-refractivity contribution in [3.8, 4) is 17.4 Å². The number of rotatable bonds is 5. The lowest BCUT2D eigenvalue weighted by Gasteiger charge is -2.16. The number of fused-ring (bicyclic) bond motifs is 1. The van der Waals surface area contributed by atoms with Crippen molar-refractivity contribution in [3.63, 3.8) is 0 Å². The van der Waals surface area contributed by atoms with Crippen molar-refractivity contribution in [2.45, 2.75) is 13.8 Å². The van der Waals surface area contributed by atoms with Gasteiger partial charge in [-0.15, -0.1) is 11.3 Å². The highest BCUT2D eigenvalue weighted by atomic mass is 32.1. The summed E-state index contributed by atoms with van der Waals surface area (Å²) in [6.45, 7) is 3.75. The van der Waals surface area contributed by atoms with Crippen molar-refractivity contribution in [1.29, 1.82) is 0 Å². The van der Waals surface area contributed by atoms with Crippen LogP contribution in [0.5, 0.6) is 17.4 Å². The second-order valence-electron chi connectivity index (χ2n) is 5.83. The Bertz CT molecular complexity index is 1000. The molecule has 2 heterocycles. The third kappa shape index (κ3) is 3.36. The number of hydrogen-bond donors (Lipinski definition) is 2. The lowest BCUT2D eigenvalue weighted by Crippen LogP contribution is -2.03.